The predicted octanol–water partition coefficient (Wildman–Crippen LogP) is 5.06. The Labute approximate surface area is 211 Å². The van der Waals surface area contributed by atoms with Gasteiger partial charge in [-0.1, -0.05) is 0 Å². The van der Waals surface area contributed by atoms with Crippen LogP contribution in [0.5, 0.6) is 11.5 Å². The average Bonchev–Trinajstić information content (AvgIpc) is 2.78. The summed E-state index contributed by atoms with van der Waals surface area (Å²) in [5.41, 5.74) is -0.574. The summed E-state index contributed by atoms with van der Waals surface area (Å²) in [6.45, 7) is 14.6. The summed E-state index contributed by atoms with van der Waals surface area (Å²) in [6, 6.07) is 5.09. The summed E-state index contributed by atoms with van der Waals surface area (Å²) >= 11 is 0. The molecule has 0 bridgehead atoms. The first-order chi connectivity index (χ1) is 16.3. The van der Waals surface area contributed by atoms with Gasteiger partial charge in [-0.05, 0) is 60.1 Å². The molecule has 0 N–H and O–H groups in total. The van der Waals surface area contributed by atoms with Crippen LogP contribution >= 0.6 is 0 Å². The van der Waals surface area contributed by atoms with Crippen molar-refractivity contribution in [2.75, 3.05) is 54.4 Å². The molecule has 0 aliphatic carbocycles. The van der Waals surface area contributed by atoms with Crippen LogP contribution in [0.15, 0.2) is 18.2 Å². The van der Waals surface area contributed by atoms with E-state index in [1.807, 2.05) is 41.5 Å². The number of rotatable bonds is 18. The fourth-order valence-electron chi connectivity index (χ4n) is 3.02. The molecule has 0 heterocycles. The molecular formula is C27H46O8. The molecule has 0 aliphatic rings. The van der Waals surface area contributed by atoms with E-state index in [9.17, 15) is 4.79 Å². The van der Waals surface area contributed by atoms with Gasteiger partial charge in [0.15, 0.2) is 0 Å². The van der Waals surface area contributed by atoms with Crippen molar-refractivity contribution in [2.45, 2.75) is 77.6 Å². The molecule has 0 spiro atoms. The van der Waals surface area contributed by atoms with Gasteiger partial charge in [0.2, 0.25) is 0 Å². The van der Waals surface area contributed by atoms with Crippen LogP contribution in [0, 0.1) is 0 Å². The standard InChI is InChI=1S/C27H46O8/c1-25(2,31-9)12-15-34-26(3,4)10-13-32-22-18-21(24(28)30-8)19-23(20-22)33-14-11-27(5,6)35-17-16-29-7/h18-20H,10-17H2,1-9H3. The monoisotopic (exact) mass is 498 g/mol. The van der Waals surface area contributed by atoms with Crippen LogP contribution < -0.4 is 9.47 Å². The number of ether oxygens (including phenoxy) is 7. The van der Waals surface area contributed by atoms with Crippen molar-refractivity contribution in [3.05, 3.63) is 23.8 Å². The maximum atomic E-state index is 12.2. The first-order valence-electron chi connectivity index (χ1n) is 12.1. The highest BCUT2D eigenvalue weighted by Crippen LogP contribution is 2.26. The Kier molecular flexibility index (Phi) is 13.0. The third-order valence-corrected chi connectivity index (χ3v) is 5.78. The Hall–Kier alpha value is -1.87. The van der Waals surface area contributed by atoms with E-state index in [-0.39, 0.29) is 16.8 Å². The summed E-state index contributed by atoms with van der Waals surface area (Å²) in [5.74, 6) is 0.621. The van der Waals surface area contributed by atoms with E-state index in [0.717, 1.165) is 6.42 Å². The van der Waals surface area contributed by atoms with E-state index in [1.54, 1.807) is 32.4 Å². The zero-order valence-corrected chi connectivity index (χ0v) is 23.2. The van der Waals surface area contributed by atoms with E-state index in [4.69, 9.17) is 33.2 Å². The lowest BCUT2D eigenvalue weighted by atomic mass is 10.0. The molecule has 0 aliphatic heterocycles. The average molecular weight is 499 g/mol. The lowest BCUT2D eigenvalue weighted by Crippen LogP contribution is -2.31. The smallest absolute Gasteiger partial charge is 0.338 e. The van der Waals surface area contributed by atoms with Crippen molar-refractivity contribution in [3.8, 4) is 11.5 Å². The normalized spacial score (nSPS) is 12.5. The molecule has 1 aromatic rings. The van der Waals surface area contributed by atoms with Crippen molar-refractivity contribution < 1.29 is 38.0 Å². The second-order valence-corrected chi connectivity index (χ2v) is 10.3. The second kappa shape index (κ2) is 14.6. The maximum Gasteiger partial charge on any atom is 0.338 e. The van der Waals surface area contributed by atoms with Crippen molar-refractivity contribution in [2.24, 2.45) is 0 Å². The Balaban J connectivity index is 2.69. The van der Waals surface area contributed by atoms with E-state index in [0.29, 0.717) is 62.9 Å². The van der Waals surface area contributed by atoms with Crippen LogP contribution in [0.2, 0.25) is 0 Å². The van der Waals surface area contributed by atoms with Gasteiger partial charge in [-0.15, -0.1) is 0 Å². The zero-order chi connectivity index (χ0) is 26.5. The number of hydrogen-bond donors (Lipinski definition) is 0. The first kappa shape index (κ1) is 31.2. The Morgan fingerprint density at radius 2 is 1.14 bits per heavy atom. The van der Waals surface area contributed by atoms with E-state index in [2.05, 4.69) is 0 Å². The lowest BCUT2D eigenvalue weighted by Gasteiger charge is -2.29. The summed E-state index contributed by atoms with van der Waals surface area (Å²) in [6.07, 6.45) is 2.14. The largest absolute Gasteiger partial charge is 0.493 e. The van der Waals surface area contributed by atoms with Crippen molar-refractivity contribution in [1.82, 2.24) is 0 Å². The molecule has 8 nitrogen and oxygen atoms in total. The molecule has 0 fully saturated rings. The molecule has 0 unspecified atom stereocenters. The molecule has 0 aromatic heterocycles. The highest BCUT2D eigenvalue weighted by molar-refractivity contribution is 5.90. The van der Waals surface area contributed by atoms with Crippen LogP contribution in [0.1, 0.15) is 71.2 Å². The molecule has 0 saturated carbocycles. The minimum absolute atomic E-state index is 0.220. The van der Waals surface area contributed by atoms with Crippen LogP contribution in [-0.4, -0.2) is 77.1 Å². The van der Waals surface area contributed by atoms with Gasteiger partial charge in [0.25, 0.3) is 0 Å². The van der Waals surface area contributed by atoms with Crippen LogP contribution in [0.3, 0.4) is 0 Å². The molecule has 0 amide bonds. The van der Waals surface area contributed by atoms with Crippen molar-refractivity contribution >= 4 is 5.97 Å². The van der Waals surface area contributed by atoms with E-state index in [1.165, 1.54) is 7.11 Å². The van der Waals surface area contributed by atoms with E-state index < -0.39 is 5.97 Å². The molecule has 1 rings (SSSR count). The molecule has 8 heteroatoms. The Bertz CT molecular complexity index is 758. The summed E-state index contributed by atoms with van der Waals surface area (Å²) in [7, 11) is 4.70. The topological polar surface area (TPSA) is 81.7 Å². The molecule has 0 atom stereocenters. The fourth-order valence-corrected chi connectivity index (χ4v) is 3.02. The van der Waals surface area contributed by atoms with Gasteiger partial charge >= 0.3 is 5.97 Å². The van der Waals surface area contributed by atoms with E-state index >= 15 is 0 Å². The van der Waals surface area contributed by atoms with Gasteiger partial charge in [-0.25, -0.2) is 4.79 Å². The number of carbonyl (C=O) groups is 1. The van der Waals surface area contributed by atoms with Gasteiger partial charge in [-0.3, -0.25) is 0 Å². The summed E-state index contributed by atoms with van der Waals surface area (Å²) in [5, 5.41) is 0. The second-order valence-electron chi connectivity index (χ2n) is 10.3. The van der Waals surface area contributed by atoms with Crippen LogP contribution in [-0.2, 0) is 23.7 Å². The fraction of sp³-hybridized carbons (Fsp3) is 0.741. The van der Waals surface area contributed by atoms with Crippen LogP contribution in [0.25, 0.3) is 0 Å². The molecule has 0 radical (unpaired) electrons. The third kappa shape index (κ3) is 13.1. The van der Waals surface area contributed by atoms with Gasteiger partial charge < -0.3 is 33.2 Å². The first-order valence-corrected chi connectivity index (χ1v) is 12.1. The van der Waals surface area contributed by atoms with Crippen molar-refractivity contribution in [1.29, 1.82) is 0 Å². The number of esters is 1. The molecule has 35 heavy (non-hydrogen) atoms. The summed E-state index contributed by atoms with van der Waals surface area (Å²) < 4.78 is 39.1. The molecule has 0 saturated heterocycles. The van der Waals surface area contributed by atoms with Gasteiger partial charge in [0.05, 0.1) is 62.5 Å². The van der Waals surface area contributed by atoms with Crippen LogP contribution in [0.4, 0.5) is 0 Å². The SMILES string of the molecule is COCCOC(C)(C)CCOc1cc(OCCC(C)(C)OCCC(C)(C)OC)cc(C(=O)OC)c1. The molecular weight excluding hydrogens is 452 g/mol. The quantitative estimate of drug-likeness (QED) is 0.205. The van der Waals surface area contributed by atoms with Crippen molar-refractivity contribution in [3.63, 3.8) is 0 Å². The van der Waals surface area contributed by atoms with Gasteiger partial charge in [0.1, 0.15) is 11.5 Å². The number of carbonyl (C=O) groups excluding carboxylic acids is 1. The predicted molar refractivity (Wildman–Crippen MR) is 136 cm³/mol. The van der Waals surface area contributed by atoms with Gasteiger partial charge in [-0.2, -0.15) is 0 Å². The number of benzene rings is 1. The maximum absolute atomic E-state index is 12.2. The zero-order valence-electron chi connectivity index (χ0n) is 23.2. The minimum Gasteiger partial charge on any atom is -0.493 e. The summed E-state index contributed by atoms with van der Waals surface area (Å²) in [4.78, 5) is 12.2. The Morgan fingerprint density at radius 1 is 0.657 bits per heavy atom. The lowest BCUT2D eigenvalue weighted by molar-refractivity contribution is -0.0647. The molecule has 1 aromatic carbocycles. The van der Waals surface area contributed by atoms with Gasteiger partial charge in [0, 0.05) is 33.1 Å². The molecule has 202 valence electrons. The number of hydrogen-bond acceptors (Lipinski definition) is 8. The highest BCUT2D eigenvalue weighted by Gasteiger charge is 2.22. The third-order valence-electron chi connectivity index (χ3n) is 5.78. The number of methoxy groups -OCH3 is 3. The minimum atomic E-state index is -0.451. The Morgan fingerprint density at radius 3 is 1.60 bits per heavy atom. The highest BCUT2D eigenvalue weighted by atomic mass is 16.5.